The molecule has 2 aromatic rings. The second-order valence-electron chi connectivity index (χ2n) is 5.75. The first-order valence-corrected chi connectivity index (χ1v) is 7.23. The number of likely N-dealkylation sites (tertiary alicyclic amines) is 1. The number of phenolic OH excluding ortho intramolecular Hbond substituents is 1. The Morgan fingerprint density at radius 2 is 1.80 bits per heavy atom. The van der Waals surface area contributed by atoms with Crippen LogP contribution in [-0.4, -0.2) is 16.6 Å². The summed E-state index contributed by atoms with van der Waals surface area (Å²) in [6, 6.07) is 15.1. The zero-order chi connectivity index (χ0) is 14.1. The summed E-state index contributed by atoms with van der Waals surface area (Å²) in [6.45, 7) is 6.07. The summed E-state index contributed by atoms with van der Waals surface area (Å²) in [6.07, 6.45) is 1.20. The van der Waals surface area contributed by atoms with Crippen LogP contribution in [0.3, 0.4) is 0 Å². The first-order chi connectivity index (χ1) is 9.65. The highest BCUT2D eigenvalue weighted by Crippen LogP contribution is 2.36. The molecule has 1 heterocycles. The monoisotopic (exact) mass is 267 g/mol. The summed E-state index contributed by atoms with van der Waals surface area (Å²) >= 11 is 0. The molecule has 0 radical (unpaired) electrons. The van der Waals surface area contributed by atoms with Crippen LogP contribution in [0.2, 0.25) is 0 Å². The van der Waals surface area contributed by atoms with Crippen LogP contribution in [0.1, 0.15) is 34.7 Å². The molecule has 104 valence electrons. The average Bonchev–Trinajstić information content (AvgIpc) is 2.41. The predicted octanol–water partition coefficient (Wildman–Crippen LogP) is 3.96. The number of rotatable bonds is 3. The Kier molecular flexibility index (Phi) is 3.49. The first kappa shape index (κ1) is 13.2. The molecule has 0 bridgehead atoms. The largest absolute Gasteiger partial charge is 0.508 e. The van der Waals surface area contributed by atoms with Crippen LogP contribution in [0.25, 0.3) is 0 Å². The number of hydrogen-bond donors (Lipinski definition) is 1. The van der Waals surface area contributed by atoms with E-state index in [0.29, 0.717) is 11.8 Å². The van der Waals surface area contributed by atoms with Gasteiger partial charge >= 0.3 is 0 Å². The van der Waals surface area contributed by atoms with Gasteiger partial charge in [0.05, 0.1) is 0 Å². The van der Waals surface area contributed by atoms with Crippen LogP contribution in [0, 0.1) is 13.8 Å². The van der Waals surface area contributed by atoms with Crippen molar-refractivity contribution in [3.8, 4) is 5.75 Å². The van der Waals surface area contributed by atoms with Gasteiger partial charge in [-0.25, -0.2) is 0 Å². The van der Waals surface area contributed by atoms with Crippen LogP contribution in [0.5, 0.6) is 5.75 Å². The Morgan fingerprint density at radius 1 is 1.10 bits per heavy atom. The third kappa shape index (κ3) is 2.44. The molecule has 20 heavy (non-hydrogen) atoms. The molecule has 1 saturated heterocycles. The Labute approximate surface area is 120 Å². The van der Waals surface area contributed by atoms with Crippen molar-refractivity contribution in [1.29, 1.82) is 0 Å². The van der Waals surface area contributed by atoms with E-state index in [4.69, 9.17) is 0 Å². The number of phenols is 1. The lowest BCUT2D eigenvalue weighted by atomic mass is 9.93. The summed E-state index contributed by atoms with van der Waals surface area (Å²) in [5, 5.41) is 10.1. The Balaban J connectivity index is 1.77. The average molecular weight is 267 g/mol. The van der Waals surface area contributed by atoms with Crippen LogP contribution in [0.15, 0.2) is 42.5 Å². The molecular formula is C18H21NO. The Morgan fingerprint density at radius 3 is 2.45 bits per heavy atom. The highest BCUT2D eigenvalue weighted by atomic mass is 16.3. The topological polar surface area (TPSA) is 23.5 Å². The molecule has 1 fully saturated rings. The summed E-state index contributed by atoms with van der Waals surface area (Å²) in [5.74, 6) is 0.423. The summed E-state index contributed by atoms with van der Waals surface area (Å²) in [4.78, 5) is 2.43. The second kappa shape index (κ2) is 5.29. The maximum atomic E-state index is 10.1. The van der Waals surface area contributed by atoms with E-state index in [-0.39, 0.29) is 0 Å². The molecule has 2 nitrogen and oxygen atoms in total. The minimum absolute atomic E-state index is 0.423. The molecule has 1 unspecified atom stereocenters. The molecule has 0 amide bonds. The highest BCUT2D eigenvalue weighted by Gasteiger charge is 2.29. The van der Waals surface area contributed by atoms with E-state index >= 15 is 0 Å². The molecule has 2 aromatic carbocycles. The summed E-state index contributed by atoms with van der Waals surface area (Å²) < 4.78 is 0. The van der Waals surface area contributed by atoms with Gasteiger partial charge in [-0.3, -0.25) is 4.90 Å². The highest BCUT2D eigenvalue weighted by molar-refractivity contribution is 5.41. The van der Waals surface area contributed by atoms with Gasteiger partial charge in [-0.05, 0) is 43.0 Å². The summed E-state index contributed by atoms with van der Waals surface area (Å²) in [5.41, 5.74) is 4.81. The van der Waals surface area contributed by atoms with Gasteiger partial charge in [-0.2, -0.15) is 0 Å². The van der Waals surface area contributed by atoms with Crippen LogP contribution < -0.4 is 0 Å². The molecule has 0 aliphatic carbocycles. The number of nitrogens with zero attached hydrogens (tertiary/aromatic N) is 1. The molecule has 2 heteroatoms. The lowest BCUT2D eigenvalue weighted by molar-refractivity contribution is 0.0809. The van der Waals surface area contributed by atoms with Crippen molar-refractivity contribution in [2.75, 3.05) is 6.54 Å². The van der Waals surface area contributed by atoms with Crippen LogP contribution >= 0.6 is 0 Å². The van der Waals surface area contributed by atoms with Gasteiger partial charge < -0.3 is 5.11 Å². The standard InChI is InChI=1S/C18H21NO/c1-13-10-16(18(20)11-14(13)2)12-19-9-8-17(19)15-6-4-3-5-7-15/h3-7,10-11,17,20H,8-9,12H2,1-2H3. The van der Waals surface area contributed by atoms with E-state index in [2.05, 4.69) is 48.2 Å². The fraction of sp³-hybridized carbons (Fsp3) is 0.333. The van der Waals surface area contributed by atoms with E-state index in [0.717, 1.165) is 24.2 Å². The van der Waals surface area contributed by atoms with Crippen molar-refractivity contribution in [3.05, 3.63) is 64.7 Å². The van der Waals surface area contributed by atoms with Gasteiger partial charge in [0, 0.05) is 24.7 Å². The molecule has 0 saturated carbocycles. The smallest absolute Gasteiger partial charge is 0.120 e. The molecular weight excluding hydrogens is 246 g/mol. The van der Waals surface area contributed by atoms with E-state index in [9.17, 15) is 5.11 Å². The number of aromatic hydroxyl groups is 1. The van der Waals surface area contributed by atoms with Gasteiger partial charge in [0.25, 0.3) is 0 Å². The van der Waals surface area contributed by atoms with Gasteiger partial charge in [-0.15, -0.1) is 0 Å². The zero-order valence-electron chi connectivity index (χ0n) is 12.1. The van der Waals surface area contributed by atoms with Crippen molar-refractivity contribution in [3.63, 3.8) is 0 Å². The maximum Gasteiger partial charge on any atom is 0.120 e. The van der Waals surface area contributed by atoms with Gasteiger partial charge in [0.15, 0.2) is 0 Å². The van der Waals surface area contributed by atoms with Gasteiger partial charge in [-0.1, -0.05) is 36.4 Å². The van der Waals surface area contributed by atoms with Crippen molar-refractivity contribution < 1.29 is 5.11 Å². The van der Waals surface area contributed by atoms with Crippen LogP contribution in [0.4, 0.5) is 0 Å². The predicted molar refractivity (Wildman–Crippen MR) is 81.8 cm³/mol. The molecule has 0 aromatic heterocycles. The lowest BCUT2D eigenvalue weighted by Crippen LogP contribution is -2.40. The van der Waals surface area contributed by atoms with Crippen molar-refractivity contribution in [2.45, 2.75) is 32.9 Å². The third-order valence-electron chi connectivity index (χ3n) is 4.38. The van der Waals surface area contributed by atoms with E-state index < -0.39 is 0 Å². The normalized spacial score (nSPS) is 18.8. The maximum absolute atomic E-state index is 10.1. The molecule has 0 spiro atoms. The first-order valence-electron chi connectivity index (χ1n) is 7.23. The minimum atomic E-state index is 0.423. The second-order valence-corrected chi connectivity index (χ2v) is 5.75. The summed E-state index contributed by atoms with van der Waals surface area (Å²) in [7, 11) is 0. The molecule has 3 rings (SSSR count). The quantitative estimate of drug-likeness (QED) is 0.910. The van der Waals surface area contributed by atoms with Gasteiger partial charge in [0.1, 0.15) is 5.75 Å². The molecule has 1 aliphatic heterocycles. The SMILES string of the molecule is Cc1cc(O)c(CN2CCC2c2ccccc2)cc1C. The molecule has 1 aliphatic rings. The molecule has 1 atom stereocenters. The fourth-order valence-electron chi connectivity index (χ4n) is 2.89. The van der Waals surface area contributed by atoms with Crippen molar-refractivity contribution >= 4 is 0 Å². The van der Waals surface area contributed by atoms with Crippen LogP contribution in [-0.2, 0) is 6.54 Å². The lowest BCUT2D eigenvalue weighted by Gasteiger charge is -2.41. The fourth-order valence-corrected chi connectivity index (χ4v) is 2.89. The third-order valence-corrected chi connectivity index (χ3v) is 4.38. The minimum Gasteiger partial charge on any atom is -0.508 e. The van der Waals surface area contributed by atoms with Crippen molar-refractivity contribution in [2.24, 2.45) is 0 Å². The Hall–Kier alpha value is -1.80. The number of benzene rings is 2. The molecule has 1 N–H and O–H groups in total. The van der Waals surface area contributed by atoms with E-state index in [1.54, 1.807) is 0 Å². The van der Waals surface area contributed by atoms with E-state index in [1.165, 1.54) is 17.5 Å². The zero-order valence-corrected chi connectivity index (χ0v) is 12.1. The van der Waals surface area contributed by atoms with Gasteiger partial charge in [0.2, 0.25) is 0 Å². The van der Waals surface area contributed by atoms with E-state index in [1.807, 2.05) is 13.0 Å². The Bertz CT molecular complexity index is 606. The number of aryl methyl sites for hydroxylation is 2. The number of hydrogen-bond acceptors (Lipinski definition) is 2. The van der Waals surface area contributed by atoms with Crippen molar-refractivity contribution in [1.82, 2.24) is 4.90 Å².